The maximum absolute atomic E-state index is 4.06. The van der Waals surface area contributed by atoms with Crippen LogP contribution in [-0.2, 0) is 0 Å². The molecular formula is C15H20S. The summed E-state index contributed by atoms with van der Waals surface area (Å²) in [5, 5.41) is 2.62. The molecule has 1 heteroatoms. The molecule has 2 aromatic carbocycles. The van der Waals surface area contributed by atoms with Gasteiger partial charge in [-0.05, 0) is 28.9 Å². The Kier molecular flexibility index (Phi) is 6.02. The summed E-state index contributed by atoms with van der Waals surface area (Å²) in [7, 11) is 0. The monoisotopic (exact) mass is 232 g/mol. The van der Waals surface area contributed by atoms with E-state index in [1.54, 1.807) is 0 Å². The molecule has 0 N–H and O–H groups in total. The molecule has 2 aromatic rings. The number of thiol groups is 1. The van der Waals surface area contributed by atoms with E-state index in [2.05, 4.69) is 75.0 Å². The largest absolute Gasteiger partial charge is 0.179 e. The Morgan fingerprint density at radius 1 is 0.875 bits per heavy atom. The first-order valence-electron chi connectivity index (χ1n) is 5.78. The zero-order valence-corrected chi connectivity index (χ0v) is 11.0. The molecule has 0 bridgehead atoms. The summed E-state index contributed by atoms with van der Waals surface area (Å²) in [6, 6.07) is 16.7. The first-order valence-corrected chi connectivity index (χ1v) is 6.42. The highest BCUT2D eigenvalue weighted by Crippen LogP contribution is 2.11. The Hall–Kier alpha value is -0.950. The van der Waals surface area contributed by atoms with E-state index in [0.717, 1.165) is 11.7 Å². The molecule has 0 radical (unpaired) electrons. The van der Waals surface area contributed by atoms with Crippen LogP contribution < -0.4 is 0 Å². The van der Waals surface area contributed by atoms with Crippen molar-refractivity contribution in [3.63, 3.8) is 0 Å². The molecule has 0 saturated heterocycles. The van der Waals surface area contributed by atoms with Gasteiger partial charge in [0.2, 0.25) is 0 Å². The molecule has 0 aliphatic carbocycles. The molecule has 0 spiro atoms. The summed E-state index contributed by atoms with van der Waals surface area (Å²) in [6.45, 7) is 4.41. The number of benzene rings is 2. The zero-order valence-electron chi connectivity index (χ0n) is 10.1. The third kappa shape index (κ3) is 4.71. The molecule has 0 nitrogen and oxygen atoms in total. The predicted octanol–water partition coefficient (Wildman–Crippen LogP) is 4.80. The lowest BCUT2D eigenvalue weighted by atomic mass is 10.1. The van der Waals surface area contributed by atoms with Gasteiger partial charge in [0.25, 0.3) is 0 Å². The van der Waals surface area contributed by atoms with Gasteiger partial charge in [0, 0.05) is 0 Å². The minimum Gasteiger partial charge on any atom is -0.179 e. The molecule has 2 rings (SSSR count). The quantitative estimate of drug-likeness (QED) is 0.706. The van der Waals surface area contributed by atoms with Crippen LogP contribution in [0.2, 0.25) is 0 Å². The van der Waals surface area contributed by atoms with Gasteiger partial charge in [-0.1, -0.05) is 62.4 Å². The first kappa shape index (κ1) is 13.1. The highest BCUT2D eigenvalue weighted by Gasteiger charge is 1.86. The molecule has 16 heavy (non-hydrogen) atoms. The summed E-state index contributed by atoms with van der Waals surface area (Å²) in [5.74, 6) is 1.85. The van der Waals surface area contributed by atoms with Crippen LogP contribution in [-0.4, -0.2) is 5.75 Å². The lowest BCUT2D eigenvalue weighted by Crippen LogP contribution is -1.85. The summed E-state index contributed by atoms with van der Waals surface area (Å²) < 4.78 is 0. The molecule has 0 aliphatic heterocycles. The number of hydrogen-bond donors (Lipinski definition) is 1. The Balaban J connectivity index is 0.000000187. The van der Waals surface area contributed by atoms with Crippen molar-refractivity contribution in [2.75, 3.05) is 5.75 Å². The van der Waals surface area contributed by atoms with Crippen molar-refractivity contribution in [2.24, 2.45) is 5.92 Å². The van der Waals surface area contributed by atoms with Gasteiger partial charge < -0.3 is 0 Å². The maximum Gasteiger partial charge on any atom is -0.00955 e. The molecule has 86 valence electrons. The number of hydrogen-bond acceptors (Lipinski definition) is 1. The molecule has 0 fully saturated rings. The van der Waals surface area contributed by atoms with Crippen LogP contribution in [0.1, 0.15) is 20.3 Å². The second kappa shape index (κ2) is 7.34. The minimum absolute atomic E-state index is 0.822. The second-order valence-electron chi connectivity index (χ2n) is 4.25. The van der Waals surface area contributed by atoms with Crippen LogP contribution >= 0.6 is 12.6 Å². The van der Waals surface area contributed by atoms with Gasteiger partial charge in [-0.15, -0.1) is 0 Å². The highest BCUT2D eigenvalue weighted by atomic mass is 32.1. The molecule has 0 aromatic heterocycles. The van der Waals surface area contributed by atoms with Crippen LogP contribution in [0.3, 0.4) is 0 Å². The smallest absolute Gasteiger partial charge is 0.00955 e. The van der Waals surface area contributed by atoms with Crippen LogP contribution in [0.25, 0.3) is 10.8 Å². The lowest BCUT2D eigenvalue weighted by molar-refractivity contribution is 0.633. The normalized spacial score (nSPS) is 10.0. The SMILES string of the molecule is CC(C)CCS.c1ccc2ccccc2c1. The van der Waals surface area contributed by atoms with E-state index in [4.69, 9.17) is 0 Å². The molecular weight excluding hydrogens is 212 g/mol. The second-order valence-corrected chi connectivity index (χ2v) is 4.70. The summed E-state index contributed by atoms with van der Waals surface area (Å²) >= 11 is 4.06. The Morgan fingerprint density at radius 2 is 1.25 bits per heavy atom. The van der Waals surface area contributed by atoms with E-state index >= 15 is 0 Å². The average Bonchev–Trinajstić information content (AvgIpc) is 2.30. The van der Waals surface area contributed by atoms with Crippen LogP contribution in [0, 0.1) is 5.92 Å². The van der Waals surface area contributed by atoms with Crippen molar-refractivity contribution in [1.29, 1.82) is 0 Å². The summed E-state index contributed by atoms with van der Waals surface area (Å²) in [5.41, 5.74) is 0. The maximum atomic E-state index is 4.06. The molecule has 0 unspecified atom stereocenters. The number of fused-ring (bicyclic) bond motifs is 1. The van der Waals surface area contributed by atoms with E-state index < -0.39 is 0 Å². The van der Waals surface area contributed by atoms with Crippen LogP contribution in [0.15, 0.2) is 48.5 Å². The third-order valence-electron chi connectivity index (χ3n) is 2.37. The molecule has 0 amide bonds. The van der Waals surface area contributed by atoms with Crippen molar-refractivity contribution in [3.05, 3.63) is 48.5 Å². The molecule has 0 atom stereocenters. The van der Waals surface area contributed by atoms with Crippen molar-refractivity contribution in [3.8, 4) is 0 Å². The van der Waals surface area contributed by atoms with E-state index in [0.29, 0.717) is 0 Å². The van der Waals surface area contributed by atoms with Gasteiger partial charge in [-0.25, -0.2) is 0 Å². The minimum atomic E-state index is 0.822. The fraction of sp³-hybridized carbons (Fsp3) is 0.333. The Labute approximate surface area is 104 Å². The summed E-state index contributed by atoms with van der Waals surface area (Å²) in [4.78, 5) is 0. The van der Waals surface area contributed by atoms with Crippen LogP contribution in [0.5, 0.6) is 0 Å². The highest BCUT2D eigenvalue weighted by molar-refractivity contribution is 7.80. The van der Waals surface area contributed by atoms with E-state index in [-0.39, 0.29) is 0 Å². The van der Waals surface area contributed by atoms with Crippen molar-refractivity contribution in [2.45, 2.75) is 20.3 Å². The number of rotatable bonds is 2. The predicted molar refractivity (Wildman–Crippen MR) is 77.3 cm³/mol. The standard InChI is InChI=1S/C10H8.C5H12S/c1-2-6-10-8-4-3-7-9(10)5-1;1-5(2)3-4-6/h1-8H;5-6H,3-4H2,1-2H3. The third-order valence-corrected chi connectivity index (χ3v) is 2.62. The molecule has 0 aliphatic rings. The van der Waals surface area contributed by atoms with Gasteiger partial charge in [0.05, 0.1) is 0 Å². The summed E-state index contributed by atoms with van der Waals surface area (Å²) in [6.07, 6.45) is 1.24. The topological polar surface area (TPSA) is 0 Å². The molecule has 0 heterocycles. The molecule has 0 saturated carbocycles. The van der Waals surface area contributed by atoms with E-state index in [1.165, 1.54) is 17.2 Å². The van der Waals surface area contributed by atoms with E-state index in [9.17, 15) is 0 Å². The fourth-order valence-corrected chi connectivity index (χ4v) is 1.91. The first-order chi connectivity index (χ1) is 7.74. The Morgan fingerprint density at radius 3 is 1.44 bits per heavy atom. The average molecular weight is 232 g/mol. The zero-order chi connectivity index (χ0) is 11.8. The van der Waals surface area contributed by atoms with Crippen molar-refractivity contribution in [1.82, 2.24) is 0 Å². The van der Waals surface area contributed by atoms with Gasteiger partial charge in [0.15, 0.2) is 0 Å². The van der Waals surface area contributed by atoms with Gasteiger partial charge in [-0.2, -0.15) is 12.6 Å². The lowest BCUT2D eigenvalue weighted by Gasteiger charge is -1.95. The van der Waals surface area contributed by atoms with Gasteiger partial charge in [0.1, 0.15) is 0 Å². The van der Waals surface area contributed by atoms with Crippen LogP contribution in [0.4, 0.5) is 0 Å². The van der Waals surface area contributed by atoms with Gasteiger partial charge >= 0.3 is 0 Å². The van der Waals surface area contributed by atoms with Crippen molar-refractivity contribution >= 4 is 23.4 Å². The Bertz CT molecular complexity index is 341. The van der Waals surface area contributed by atoms with Crippen molar-refractivity contribution < 1.29 is 0 Å². The van der Waals surface area contributed by atoms with E-state index in [1.807, 2.05) is 0 Å². The van der Waals surface area contributed by atoms with Gasteiger partial charge in [-0.3, -0.25) is 0 Å². The fourth-order valence-electron chi connectivity index (χ4n) is 1.39.